The van der Waals surface area contributed by atoms with Gasteiger partial charge in [-0.1, -0.05) is 11.8 Å². The first-order valence-electron chi connectivity index (χ1n) is 6.17. The van der Waals surface area contributed by atoms with Crippen LogP contribution in [-0.4, -0.2) is 34.6 Å². The van der Waals surface area contributed by atoms with Gasteiger partial charge in [0.1, 0.15) is 5.69 Å². The van der Waals surface area contributed by atoms with Crippen LogP contribution in [0.3, 0.4) is 0 Å². The van der Waals surface area contributed by atoms with E-state index in [0.717, 1.165) is 10.4 Å². The Bertz CT molecular complexity index is 734. The molecule has 0 spiro atoms. The van der Waals surface area contributed by atoms with Crippen LogP contribution in [0.4, 0.5) is 0 Å². The molecule has 0 radical (unpaired) electrons. The van der Waals surface area contributed by atoms with Crippen molar-refractivity contribution in [1.29, 1.82) is 0 Å². The number of aromatic nitrogens is 2. The minimum absolute atomic E-state index is 0.205. The topological polar surface area (TPSA) is 92.1 Å². The Morgan fingerprint density at radius 3 is 3.00 bits per heavy atom. The normalized spacial score (nSPS) is 9.81. The molecule has 0 unspecified atom stereocenters. The summed E-state index contributed by atoms with van der Waals surface area (Å²) in [5.41, 5.74) is 6.08. The number of carbonyl (C=O) groups excluding carboxylic acids is 1. The lowest BCUT2D eigenvalue weighted by Gasteiger charge is -2.15. The summed E-state index contributed by atoms with van der Waals surface area (Å²) in [6.07, 6.45) is 0. The van der Waals surface area contributed by atoms with Gasteiger partial charge in [-0.2, -0.15) is 5.10 Å². The van der Waals surface area contributed by atoms with E-state index in [0.29, 0.717) is 13.1 Å². The second-order valence-electron chi connectivity index (χ2n) is 4.28. The minimum atomic E-state index is -0.337. The van der Waals surface area contributed by atoms with E-state index in [-0.39, 0.29) is 17.2 Å². The second kappa shape index (κ2) is 6.83. The predicted molar refractivity (Wildman–Crippen MR) is 80.9 cm³/mol. The van der Waals surface area contributed by atoms with E-state index >= 15 is 0 Å². The summed E-state index contributed by atoms with van der Waals surface area (Å²) in [6.45, 7) is 0.774. The number of nitrogens with one attached hydrogen (secondary N) is 1. The van der Waals surface area contributed by atoms with Gasteiger partial charge >= 0.3 is 0 Å². The molecule has 0 atom stereocenters. The van der Waals surface area contributed by atoms with E-state index in [2.05, 4.69) is 22.0 Å². The highest BCUT2D eigenvalue weighted by Gasteiger charge is 2.14. The second-order valence-corrected chi connectivity index (χ2v) is 5.27. The van der Waals surface area contributed by atoms with E-state index in [4.69, 9.17) is 5.73 Å². The number of nitrogens with two attached hydrogens (primary N) is 1. The van der Waals surface area contributed by atoms with Crippen molar-refractivity contribution in [2.24, 2.45) is 5.73 Å². The first kappa shape index (κ1) is 15.0. The van der Waals surface area contributed by atoms with Crippen molar-refractivity contribution >= 4 is 17.2 Å². The molecule has 1 amide bonds. The number of amides is 1. The van der Waals surface area contributed by atoms with E-state index in [1.807, 2.05) is 11.4 Å². The van der Waals surface area contributed by atoms with Crippen LogP contribution < -0.4 is 11.3 Å². The third kappa shape index (κ3) is 4.02. The number of thiophene rings is 1. The van der Waals surface area contributed by atoms with Gasteiger partial charge in [0.25, 0.3) is 11.5 Å². The zero-order valence-electron chi connectivity index (χ0n) is 11.4. The molecule has 0 bridgehead atoms. The maximum absolute atomic E-state index is 12.1. The number of H-pyrrole nitrogens is 1. The maximum Gasteiger partial charge on any atom is 0.274 e. The number of carbonyl (C=O) groups is 1. The van der Waals surface area contributed by atoms with Gasteiger partial charge in [0.15, 0.2) is 0 Å². The summed E-state index contributed by atoms with van der Waals surface area (Å²) in [6, 6.07) is 4.61. The summed E-state index contributed by atoms with van der Waals surface area (Å²) in [5, 5.41) is 7.90. The van der Waals surface area contributed by atoms with Crippen molar-refractivity contribution in [3.05, 3.63) is 50.1 Å². The molecule has 108 valence electrons. The standard InChI is InChI=1S/C14H14N4O2S/c1-18(14(20)12-4-5-13(19)17-16-12)8-11-7-10(9-21-11)3-2-6-15/h4-5,7,9H,6,8,15H2,1H3,(H,17,19). The minimum Gasteiger partial charge on any atom is -0.335 e. The molecule has 0 fully saturated rings. The fourth-order valence-electron chi connectivity index (χ4n) is 1.65. The number of aromatic amines is 1. The molecule has 0 saturated carbocycles. The lowest BCUT2D eigenvalue weighted by Crippen LogP contribution is -2.27. The van der Waals surface area contributed by atoms with Gasteiger partial charge in [0, 0.05) is 28.9 Å². The molecule has 2 aromatic rings. The first-order valence-corrected chi connectivity index (χ1v) is 7.05. The average Bonchev–Trinajstić information content (AvgIpc) is 2.92. The Kier molecular flexibility index (Phi) is 4.87. The molecular weight excluding hydrogens is 288 g/mol. The molecule has 21 heavy (non-hydrogen) atoms. The predicted octanol–water partition coefficient (Wildman–Crippen LogP) is 0.414. The van der Waals surface area contributed by atoms with Crippen molar-refractivity contribution in [1.82, 2.24) is 15.1 Å². The van der Waals surface area contributed by atoms with Crippen molar-refractivity contribution < 1.29 is 4.79 Å². The quantitative estimate of drug-likeness (QED) is 0.803. The van der Waals surface area contributed by atoms with Crippen LogP contribution in [-0.2, 0) is 6.54 Å². The molecular formula is C14H14N4O2S. The number of rotatable bonds is 3. The third-order valence-electron chi connectivity index (χ3n) is 2.63. The summed E-state index contributed by atoms with van der Waals surface area (Å²) >= 11 is 1.53. The van der Waals surface area contributed by atoms with Crippen LogP contribution in [0.5, 0.6) is 0 Å². The lowest BCUT2D eigenvalue weighted by molar-refractivity contribution is 0.0779. The zero-order valence-corrected chi connectivity index (χ0v) is 12.2. The number of hydrogen-bond donors (Lipinski definition) is 2. The molecule has 0 saturated heterocycles. The average molecular weight is 302 g/mol. The van der Waals surface area contributed by atoms with Gasteiger partial charge in [-0.15, -0.1) is 11.3 Å². The third-order valence-corrected chi connectivity index (χ3v) is 3.55. The largest absolute Gasteiger partial charge is 0.335 e. The van der Waals surface area contributed by atoms with Gasteiger partial charge in [-0.25, -0.2) is 5.10 Å². The Morgan fingerprint density at radius 1 is 1.52 bits per heavy atom. The first-order chi connectivity index (χ1) is 10.1. The molecule has 0 aromatic carbocycles. The Labute approximate surface area is 125 Å². The van der Waals surface area contributed by atoms with Crippen LogP contribution in [0.1, 0.15) is 20.9 Å². The molecule has 2 rings (SSSR count). The highest BCUT2D eigenvalue weighted by molar-refractivity contribution is 7.10. The smallest absolute Gasteiger partial charge is 0.274 e. The van der Waals surface area contributed by atoms with Gasteiger partial charge < -0.3 is 10.6 Å². The summed E-state index contributed by atoms with van der Waals surface area (Å²) < 4.78 is 0. The van der Waals surface area contributed by atoms with Crippen molar-refractivity contribution in [2.75, 3.05) is 13.6 Å². The van der Waals surface area contributed by atoms with E-state index in [1.165, 1.54) is 28.4 Å². The fraction of sp³-hybridized carbons (Fsp3) is 0.214. The van der Waals surface area contributed by atoms with Crippen molar-refractivity contribution in [2.45, 2.75) is 6.54 Å². The van der Waals surface area contributed by atoms with Crippen molar-refractivity contribution in [3.8, 4) is 11.8 Å². The highest BCUT2D eigenvalue weighted by atomic mass is 32.1. The van der Waals surface area contributed by atoms with Crippen LogP contribution >= 0.6 is 11.3 Å². The van der Waals surface area contributed by atoms with Crippen LogP contribution in [0, 0.1) is 11.8 Å². The summed E-state index contributed by atoms with van der Waals surface area (Å²) in [5.74, 6) is 5.47. The maximum atomic E-state index is 12.1. The van der Waals surface area contributed by atoms with Crippen LogP contribution in [0.25, 0.3) is 0 Å². The van der Waals surface area contributed by atoms with E-state index in [1.54, 1.807) is 7.05 Å². The van der Waals surface area contributed by atoms with Gasteiger partial charge in [-0.05, 0) is 12.1 Å². The van der Waals surface area contributed by atoms with Gasteiger partial charge in [-0.3, -0.25) is 9.59 Å². The van der Waals surface area contributed by atoms with Crippen molar-refractivity contribution in [3.63, 3.8) is 0 Å². The van der Waals surface area contributed by atoms with Crippen LogP contribution in [0.15, 0.2) is 28.4 Å². The molecule has 0 aliphatic heterocycles. The van der Waals surface area contributed by atoms with Crippen LogP contribution in [0.2, 0.25) is 0 Å². The molecule has 6 nitrogen and oxygen atoms in total. The fourth-order valence-corrected chi connectivity index (χ4v) is 2.52. The molecule has 7 heteroatoms. The molecule has 2 heterocycles. The van der Waals surface area contributed by atoms with E-state index < -0.39 is 0 Å². The molecule has 0 aliphatic rings. The van der Waals surface area contributed by atoms with Gasteiger partial charge in [0.2, 0.25) is 0 Å². The summed E-state index contributed by atoms with van der Waals surface area (Å²) in [4.78, 5) is 25.6. The summed E-state index contributed by atoms with van der Waals surface area (Å²) in [7, 11) is 1.68. The molecule has 0 aliphatic carbocycles. The Balaban J connectivity index is 2.05. The highest BCUT2D eigenvalue weighted by Crippen LogP contribution is 2.16. The Hall–Kier alpha value is -2.43. The monoisotopic (exact) mass is 302 g/mol. The molecule has 2 aromatic heterocycles. The van der Waals surface area contributed by atoms with Gasteiger partial charge in [0.05, 0.1) is 13.1 Å². The van der Waals surface area contributed by atoms with E-state index in [9.17, 15) is 9.59 Å². The lowest BCUT2D eigenvalue weighted by atomic mass is 10.3. The zero-order chi connectivity index (χ0) is 15.2. The SMILES string of the molecule is CN(Cc1cc(C#CCN)cs1)C(=O)c1ccc(=O)[nH]n1. The number of hydrogen-bond acceptors (Lipinski definition) is 5. The Morgan fingerprint density at radius 2 is 2.33 bits per heavy atom. The number of nitrogens with zero attached hydrogens (tertiary/aromatic N) is 2. The molecule has 3 N–H and O–H groups in total.